The molecule has 1 aromatic carbocycles. The number of fused-ring (bicyclic) bond motifs is 1. The van der Waals surface area contributed by atoms with Crippen LogP contribution in [0.4, 0.5) is 5.69 Å². The molecular formula is C19H28Cl2N2O. The number of rotatable bonds is 7. The Morgan fingerprint density at radius 3 is 2.79 bits per heavy atom. The van der Waals surface area contributed by atoms with Crippen molar-refractivity contribution in [3.8, 4) is 0 Å². The van der Waals surface area contributed by atoms with Crippen LogP contribution in [0.1, 0.15) is 43.1 Å². The van der Waals surface area contributed by atoms with E-state index in [1.54, 1.807) is 6.26 Å². The number of aryl methyl sites for hydroxylation is 1. The monoisotopic (exact) mass is 370 g/mol. The van der Waals surface area contributed by atoms with Crippen molar-refractivity contribution < 1.29 is 4.42 Å². The summed E-state index contributed by atoms with van der Waals surface area (Å²) in [6, 6.07) is 10.9. The molecule has 0 saturated carbocycles. The van der Waals surface area contributed by atoms with Crippen LogP contribution in [0.5, 0.6) is 0 Å². The van der Waals surface area contributed by atoms with Crippen LogP contribution in [-0.2, 0) is 19.5 Å². The molecule has 5 heteroatoms. The molecule has 3 nitrogen and oxygen atoms in total. The minimum absolute atomic E-state index is 0. The molecule has 2 heterocycles. The molecule has 0 atom stereocenters. The van der Waals surface area contributed by atoms with Crippen LogP contribution >= 0.6 is 24.8 Å². The van der Waals surface area contributed by atoms with Crippen LogP contribution in [0.25, 0.3) is 0 Å². The zero-order valence-electron chi connectivity index (χ0n) is 14.3. The van der Waals surface area contributed by atoms with Gasteiger partial charge in [-0.2, -0.15) is 0 Å². The van der Waals surface area contributed by atoms with Gasteiger partial charge in [-0.15, -0.1) is 24.8 Å². The Hall–Kier alpha value is -1.16. The van der Waals surface area contributed by atoms with Crippen LogP contribution < -0.4 is 10.2 Å². The van der Waals surface area contributed by atoms with Crippen LogP contribution in [-0.4, -0.2) is 13.1 Å². The maximum atomic E-state index is 5.35. The highest BCUT2D eigenvalue weighted by atomic mass is 35.5. The van der Waals surface area contributed by atoms with E-state index in [0.29, 0.717) is 0 Å². The van der Waals surface area contributed by atoms with E-state index >= 15 is 0 Å². The summed E-state index contributed by atoms with van der Waals surface area (Å²) in [6.45, 7) is 6.32. The van der Waals surface area contributed by atoms with Crippen molar-refractivity contribution in [3.05, 3.63) is 53.5 Å². The van der Waals surface area contributed by atoms with Gasteiger partial charge in [-0.1, -0.05) is 25.5 Å². The van der Waals surface area contributed by atoms with Crippen molar-refractivity contribution in [2.24, 2.45) is 0 Å². The SMILES string of the molecule is CCCCN1CCCc2ccc(CNCc3ccco3)cc21.Cl.Cl. The predicted octanol–water partition coefficient (Wildman–Crippen LogP) is 4.97. The smallest absolute Gasteiger partial charge is 0.117 e. The van der Waals surface area contributed by atoms with E-state index in [-0.39, 0.29) is 24.8 Å². The Morgan fingerprint density at radius 2 is 2.04 bits per heavy atom. The number of unbranched alkanes of at least 4 members (excludes halogenated alkanes) is 1. The van der Waals surface area contributed by atoms with Crippen molar-refractivity contribution in [2.75, 3.05) is 18.0 Å². The number of halogens is 2. The lowest BCUT2D eigenvalue weighted by Gasteiger charge is -2.31. The van der Waals surface area contributed by atoms with Crippen molar-refractivity contribution >= 4 is 30.5 Å². The molecule has 2 aromatic rings. The van der Waals surface area contributed by atoms with E-state index in [1.807, 2.05) is 12.1 Å². The van der Waals surface area contributed by atoms with Gasteiger partial charge in [-0.25, -0.2) is 0 Å². The van der Waals surface area contributed by atoms with Gasteiger partial charge in [0.25, 0.3) is 0 Å². The molecule has 134 valence electrons. The number of anilines is 1. The number of nitrogens with zero attached hydrogens (tertiary/aromatic N) is 1. The van der Waals surface area contributed by atoms with Crippen LogP contribution in [0.15, 0.2) is 41.0 Å². The third-order valence-corrected chi connectivity index (χ3v) is 4.35. The molecule has 0 spiro atoms. The third-order valence-electron chi connectivity index (χ3n) is 4.35. The van der Waals surface area contributed by atoms with E-state index in [2.05, 4.69) is 35.3 Å². The highest BCUT2D eigenvalue weighted by Gasteiger charge is 2.16. The fraction of sp³-hybridized carbons (Fsp3) is 0.474. The molecule has 24 heavy (non-hydrogen) atoms. The van der Waals surface area contributed by atoms with Gasteiger partial charge in [0.15, 0.2) is 0 Å². The van der Waals surface area contributed by atoms with Gasteiger partial charge in [0.2, 0.25) is 0 Å². The lowest BCUT2D eigenvalue weighted by molar-refractivity contribution is 0.483. The zero-order chi connectivity index (χ0) is 15.2. The molecule has 1 N–H and O–H groups in total. The van der Waals surface area contributed by atoms with Gasteiger partial charge < -0.3 is 14.6 Å². The van der Waals surface area contributed by atoms with Gasteiger partial charge in [0, 0.05) is 25.3 Å². The average molecular weight is 371 g/mol. The first-order chi connectivity index (χ1) is 10.9. The van der Waals surface area contributed by atoms with Crippen LogP contribution in [0, 0.1) is 0 Å². The Morgan fingerprint density at radius 1 is 1.17 bits per heavy atom. The van der Waals surface area contributed by atoms with Gasteiger partial charge in [0.1, 0.15) is 5.76 Å². The Labute approximate surface area is 157 Å². The summed E-state index contributed by atoms with van der Waals surface area (Å²) >= 11 is 0. The number of benzene rings is 1. The molecule has 0 unspecified atom stereocenters. The van der Waals surface area contributed by atoms with Gasteiger partial charge in [-0.3, -0.25) is 0 Å². The first kappa shape index (κ1) is 20.9. The van der Waals surface area contributed by atoms with E-state index in [9.17, 15) is 0 Å². The van der Waals surface area contributed by atoms with Gasteiger partial charge in [-0.05, 0) is 48.6 Å². The van der Waals surface area contributed by atoms with Crippen molar-refractivity contribution in [1.82, 2.24) is 5.32 Å². The number of nitrogens with one attached hydrogen (secondary N) is 1. The largest absolute Gasteiger partial charge is 0.468 e. The first-order valence-electron chi connectivity index (χ1n) is 8.46. The maximum absolute atomic E-state index is 5.35. The molecule has 0 saturated heterocycles. The fourth-order valence-corrected chi connectivity index (χ4v) is 3.13. The highest BCUT2D eigenvalue weighted by molar-refractivity contribution is 5.85. The lowest BCUT2D eigenvalue weighted by atomic mass is 9.99. The second-order valence-electron chi connectivity index (χ2n) is 6.09. The average Bonchev–Trinajstić information content (AvgIpc) is 3.06. The quantitative estimate of drug-likeness (QED) is 0.745. The van der Waals surface area contributed by atoms with Crippen LogP contribution in [0.2, 0.25) is 0 Å². The number of hydrogen-bond donors (Lipinski definition) is 1. The van der Waals surface area contributed by atoms with E-state index in [0.717, 1.165) is 18.8 Å². The van der Waals surface area contributed by atoms with Crippen molar-refractivity contribution in [1.29, 1.82) is 0 Å². The highest BCUT2D eigenvalue weighted by Crippen LogP contribution is 2.28. The van der Waals surface area contributed by atoms with Crippen LogP contribution in [0.3, 0.4) is 0 Å². The van der Waals surface area contributed by atoms with E-state index in [4.69, 9.17) is 4.42 Å². The van der Waals surface area contributed by atoms with Gasteiger partial charge in [0.05, 0.1) is 12.8 Å². The summed E-state index contributed by atoms with van der Waals surface area (Å²) in [4.78, 5) is 2.57. The molecule has 0 amide bonds. The first-order valence-corrected chi connectivity index (χ1v) is 8.46. The molecule has 1 aromatic heterocycles. The molecule has 1 aliphatic heterocycles. The number of hydrogen-bond acceptors (Lipinski definition) is 3. The summed E-state index contributed by atoms with van der Waals surface area (Å²) < 4.78 is 5.35. The summed E-state index contributed by atoms with van der Waals surface area (Å²) in [6.07, 6.45) is 6.77. The van der Waals surface area contributed by atoms with E-state index in [1.165, 1.54) is 55.6 Å². The zero-order valence-corrected chi connectivity index (χ0v) is 15.9. The number of furan rings is 1. The topological polar surface area (TPSA) is 28.4 Å². The summed E-state index contributed by atoms with van der Waals surface area (Å²) in [5.74, 6) is 0.988. The predicted molar refractivity (Wildman–Crippen MR) is 106 cm³/mol. The molecular weight excluding hydrogens is 343 g/mol. The van der Waals surface area contributed by atoms with Gasteiger partial charge >= 0.3 is 0 Å². The van der Waals surface area contributed by atoms with Crippen molar-refractivity contribution in [3.63, 3.8) is 0 Å². The molecule has 1 aliphatic rings. The normalized spacial score (nSPS) is 13.0. The fourth-order valence-electron chi connectivity index (χ4n) is 3.13. The standard InChI is InChI=1S/C19H26N2O.2ClH/c1-2-3-10-21-11-4-6-17-9-8-16(13-19(17)21)14-20-15-18-7-5-12-22-18;;/h5,7-9,12-13,20H,2-4,6,10-11,14-15H2,1H3;2*1H. The third kappa shape index (κ3) is 5.44. The molecule has 0 fully saturated rings. The Bertz CT molecular complexity index is 587. The summed E-state index contributed by atoms with van der Waals surface area (Å²) in [5, 5.41) is 3.46. The maximum Gasteiger partial charge on any atom is 0.117 e. The Kier molecular flexibility index (Phi) is 9.27. The molecule has 0 bridgehead atoms. The Balaban J connectivity index is 0.00000144. The summed E-state index contributed by atoms with van der Waals surface area (Å²) in [5.41, 5.74) is 4.32. The summed E-state index contributed by atoms with van der Waals surface area (Å²) in [7, 11) is 0. The second kappa shape index (κ2) is 10.7. The second-order valence-corrected chi connectivity index (χ2v) is 6.09. The van der Waals surface area contributed by atoms with Crippen molar-refractivity contribution in [2.45, 2.75) is 45.7 Å². The minimum atomic E-state index is 0. The molecule has 3 rings (SSSR count). The minimum Gasteiger partial charge on any atom is -0.468 e. The molecule has 0 aliphatic carbocycles. The lowest BCUT2D eigenvalue weighted by Crippen LogP contribution is -2.30. The molecule has 0 radical (unpaired) electrons. The van der Waals surface area contributed by atoms with E-state index < -0.39 is 0 Å².